The van der Waals surface area contributed by atoms with Crippen LogP contribution in [0, 0.1) is 19.8 Å². The number of para-hydroxylation sites is 1. The highest BCUT2D eigenvalue weighted by Crippen LogP contribution is 2.34. The quantitative estimate of drug-likeness (QED) is 0.514. The van der Waals surface area contributed by atoms with Gasteiger partial charge in [-0.3, -0.25) is 9.36 Å². The molecule has 2 N–H and O–H groups in total. The zero-order valence-electron chi connectivity index (χ0n) is 18.8. The van der Waals surface area contributed by atoms with Gasteiger partial charge in [-0.25, -0.2) is 0 Å². The van der Waals surface area contributed by atoms with E-state index in [0.717, 1.165) is 17.7 Å². The van der Waals surface area contributed by atoms with Gasteiger partial charge in [0.15, 0.2) is 11.0 Å². The fraction of sp³-hybridized carbons (Fsp3) is 0.400. The molecule has 7 heteroatoms. The van der Waals surface area contributed by atoms with Crippen LogP contribution < -0.4 is 5.32 Å². The molecule has 0 saturated heterocycles. The van der Waals surface area contributed by atoms with Gasteiger partial charge in [0.05, 0.1) is 17.0 Å². The Bertz CT molecular complexity index is 1110. The summed E-state index contributed by atoms with van der Waals surface area (Å²) in [7, 11) is 0. The van der Waals surface area contributed by atoms with Crippen molar-refractivity contribution >= 4 is 17.7 Å². The molecule has 1 fully saturated rings. The second-order valence-electron chi connectivity index (χ2n) is 8.67. The molecule has 2 aromatic carbocycles. The van der Waals surface area contributed by atoms with Crippen molar-refractivity contribution in [2.24, 2.45) is 5.92 Å². The number of carbonyl (C=O) groups is 1. The van der Waals surface area contributed by atoms with Crippen molar-refractivity contribution in [2.75, 3.05) is 5.75 Å². The van der Waals surface area contributed by atoms with E-state index in [-0.39, 0.29) is 23.5 Å². The number of aromatic hydroxyl groups is 1. The minimum atomic E-state index is 0.0213. The first-order valence-electron chi connectivity index (χ1n) is 11.2. The fourth-order valence-electron chi connectivity index (χ4n) is 4.38. The highest BCUT2D eigenvalue weighted by atomic mass is 32.2. The third-order valence-corrected chi connectivity index (χ3v) is 7.09. The molecule has 0 spiro atoms. The standard InChI is InChI=1S/C25H30N4O2S/c1-16-12-13-21(18(3)14-16)29-24(19-9-5-7-11-22(19)30)27-28-25(29)32-15-23(31)26-20-10-6-4-8-17(20)2/h5,7,9,11-14,17,20,30H,4,6,8,10,15H2,1-3H3,(H,26,31)/t17-,20+/m1/s1. The molecule has 0 aliphatic heterocycles. The normalized spacial score (nSPS) is 18.5. The highest BCUT2D eigenvalue weighted by Gasteiger charge is 2.24. The Morgan fingerprint density at radius 2 is 1.94 bits per heavy atom. The monoisotopic (exact) mass is 450 g/mol. The lowest BCUT2D eigenvalue weighted by Crippen LogP contribution is -2.41. The van der Waals surface area contributed by atoms with Crippen molar-refractivity contribution in [3.05, 3.63) is 53.6 Å². The van der Waals surface area contributed by atoms with Crippen LogP contribution in [-0.4, -0.2) is 37.6 Å². The molecule has 1 heterocycles. The molecule has 1 aliphatic carbocycles. The summed E-state index contributed by atoms with van der Waals surface area (Å²) in [6.07, 6.45) is 4.64. The van der Waals surface area contributed by atoms with Crippen molar-refractivity contribution in [3.63, 3.8) is 0 Å². The molecule has 0 radical (unpaired) electrons. The van der Waals surface area contributed by atoms with Crippen molar-refractivity contribution in [2.45, 2.75) is 57.7 Å². The number of aromatic nitrogens is 3. The Balaban J connectivity index is 1.62. The molecule has 1 aromatic heterocycles. The minimum Gasteiger partial charge on any atom is -0.507 e. The summed E-state index contributed by atoms with van der Waals surface area (Å²) in [5.74, 6) is 1.51. The summed E-state index contributed by atoms with van der Waals surface area (Å²) >= 11 is 1.37. The number of thioether (sulfide) groups is 1. The third-order valence-electron chi connectivity index (χ3n) is 6.16. The average molecular weight is 451 g/mol. The van der Waals surface area contributed by atoms with E-state index in [1.165, 1.54) is 36.6 Å². The number of rotatable bonds is 6. The molecular formula is C25H30N4O2S. The summed E-state index contributed by atoms with van der Waals surface area (Å²) < 4.78 is 1.94. The summed E-state index contributed by atoms with van der Waals surface area (Å²) in [5, 5.41) is 23.1. The van der Waals surface area contributed by atoms with Crippen LogP contribution in [-0.2, 0) is 4.79 Å². The maximum atomic E-state index is 12.7. The Morgan fingerprint density at radius 1 is 1.16 bits per heavy atom. The van der Waals surface area contributed by atoms with Crippen LogP contribution >= 0.6 is 11.8 Å². The predicted octanol–water partition coefficient (Wildman–Crippen LogP) is 5.04. The number of hydrogen-bond acceptors (Lipinski definition) is 5. The van der Waals surface area contributed by atoms with E-state index in [0.29, 0.717) is 22.5 Å². The summed E-state index contributed by atoms with van der Waals surface area (Å²) in [6.45, 7) is 6.31. The maximum Gasteiger partial charge on any atom is 0.230 e. The molecular weight excluding hydrogens is 420 g/mol. The first kappa shape index (κ1) is 22.4. The van der Waals surface area contributed by atoms with Gasteiger partial charge in [-0.05, 0) is 56.4 Å². The smallest absolute Gasteiger partial charge is 0.230 e. The van der Waals surface area contributed by atoms with E-state index < -0.39 is 0 Å². The second kappa shape index (κ2) is 9.77. The van der Waals surface area contributed by atoms with Gasteiger partial charge >= 0.3 is 0 Å². The number of hydrogen-bond donors (Lipinski definition) is 2. The first-order chi connectivity index (χ1) is 15.4. The van der Waals surface area contributed by atoms with Crippen molar-refractivity contribution in [3.8, 4) is 22.8 Å². The largest absolute Gasteiger partial charge is 0.507 e. The Labute approximate surface area is 193 Å². The third kappa shape index (κ3) is 4.83. The fourth-order valence-corrected chi connectivity index (χ4v) is 5.14. The molecule has 0 bridgehead atoms. The van der Waals surface area contributed by atoms with Gasteiger partial charge in [-0.15, -0.1) is 10.2 Å². The van der Waals surface area contributed by atoms with E-state index in [4.69, 9.17) is 0 Å². The molecule has 1 saturated carbocycles. The first-order valence-corrected chi connectivity index (χ1v) is 12.2. The van der Waals surface area contributed by atoms with Gasteiger partial charge in [0, 0.05) is 6.04 Å². The van der Waals surface area contributed by atoms with Gasteiger partial charge in [-0.1, -0.05) is 61.4 Å². The van der Waals surface area contributed by atoms with Crippen LogP contribution in [0.4, 0.5) is 0 Å². The Hall–Kier alpha value is -2.80. The van der Waals surface area contributed by atoms with Crippen LogP contribution in [0.1, 0.15) is 43.7 Å². The number of carbonyl (C=O) groups excluding carboxylic acids is 1. The van der Waals surface area contributed by atoms with Crippen molar-refractivity contribution < 1.29 is 9.90 Å². The van der Waals surface area contributed by atoms with Crippen LogP contribution in [0.5, 0.6) is 5.75 Å². The average Bonchev–Trinajstić information content (AvgIpc) is 3.18. The molecule has 2 atom stereocenters. The van der Waals surface area contributed by atoms with Gasteiger partial charge in [0.25, 0.3) is 0 Å². The molecule has 0 unspecified atom stereocenters. The van der Waals surface area contributed by atoms with E-state index in [2.05, 4.69) is 35.4 Å². The SMILES string of the molecule is Cc1ccc(-n2c(SCC(=O)N[C@H]3CCCC[C@H]3C)nnc2-c2ccccc2O)c(C)c1. The molecule has 168 valence electrons. The molecule has 6 nitrogen and oxygen atoms in total. The summed E-state index contributed by atoms with van der Waals surface area (Å²) in [6, 6.07) is 13.5. The zero-order valence-corrected chi connectivity index (χ0v) is 19.7. The number of phenols is 1. The minimum absolute atomic E-state index is 0.0213. The number of nitrogens with zero attached hydrogens (tertiary/aromatic N) is 3. The van der Waals surface area contributed by atoms with E-state index in [9.17, 15) is 9.90 Å². The van der Waals surface area contributed by atoms with Gasteiger partial charge < -0.3 is 10.4 Å². The van der Waals surface area contributed by atoms with Crippen LogP contribution in [0.3, 0.4) is 0 Å². The lowest BCUT2D eigenvalue weighted by atomic mass is 9.86. The summed E-state index contributed by atoms with van der Waals surface area (Å²) in [5.41, 5.74) is 3.78. The molecule has 4 rings (SSSR count). The second-order valence-corrected chi connectivity index (χ2v) is 9.62. The number of phenolic OH excluding ortho intramolecular Hbond substituents is 1. The van der Waals surface area contributed by atoms with Crippen LogP contribution in [0.25, 0.3) is 17.1 Å². The van der Waals surface area contributed by atoms with Gasteiger partial charge in [0.1, 0.15) is 5.75 Å². The molecule has 32 heavy (non-hydrogen) atoms. The number of nitrogens with one attached hydrogen (secondary N) is 1. The Kier molecular flexibility index (Phi) is 6.84. The van der Waals surface area contributed by atoms with E-state index in [1.807, 2.05) is 35.8 Å². The number of aryl methyl sites for hydroxylation is 2. The summed E-state index contributed by atoms with van der Waals surface area (Å²) in [4.78, 5) is 12.7. The number of benzene rings is 2. The molecule has 1 aliphatic rings. The lowest BCUT2D eigenvalue weighted by Gasteiger charge is -2.29. The van der Waals surface area contributed by atoms with Crippen LogP contribution in [0.2, 0.25) is 0 Å². The van der Waals surface area contributed by atoms with Crippen LogP contribution in [0.15, 0.2) is 47.6 Å². The maximum absolute atomic E-state index is 12.7. The topological polar surface area (TPSA) is 80.0 Å². The number of amides is 1. The highest BCUT2D eigenvalue weighted by molar-refractivity contribution is 7.99. The molecule has 1 amide bonds. The predicted molar refractivity (Wildman–Crippen MR) is 128 cm³/mol. The zero-order chi connectivity index (χ0) is 22.7. The van der Waals surface area contributed by atoms with E-state index >= 15 is 0 Å². The Morgan fingerprint density at radius 3 is 2.69 bits per heavy atom. The van der Waals surface area contributed by atoms with Gasteiger partial charge in [-0.2, -0.15) is 0 Å². The van der Waals surface area contributed by atoms with Crippen molar-refractivity contribution in [1.29, 1.82) is 0 Å². The van der Waals surface area contributed by atoms with Crippen molar-refractivity contribution in [1.82, 2.24) is 20.1 Å². The lowest BCUT2D eigenvalue weighted by molar-refractivity contribution is -0.119. The van der Waals surface area contributed by atoms with E-state index in [1.54, 1.807) is 12.1 Å². The molecule has 3 aromatic rings. The van der Waals surface area contributed by atoms with Gasteiger partial charge in [0.2, 0.25) is 5.91 Å².